The number of rotatable bonds is 4. The second-order valence-electron chi connectivity index (χ2n) is 4.68. The zero-order valence-electron chi connectivity index (χ0n) is 11.0. The van der Waals surface area contributed by atoms with Crippen molar-refractivity contribution in [3.63, 3.8) is 0 Å². The Hall–Kier alpha value is -1.78. The molecule has 0 fully saturated rings. The van der Waals surface area contributed by atoms with Crippen molar-refractivity contribution in [3.05, 3.63) is 59.2 Å². The molecule has 1 aliphatic rings. The molecule has 0 radical (unpaired) electrons. The zero-order chi connectivity index (χ0) is 13.1. The van der Waals surface area contributed by atoms with Crippen LogP contribution in [-0.4, -0.2) is 16.5 Å². The second-order valence-corrected chi connectivity index (χ2v) is 4.68. The zero-order valence-corrected chi connectivity index (χ0v) is 11.0. The number of ether oxygens (including phenoxy) is 1. The summed E-state index contributed by atoms with van der Waals surface area (Å²) in [7, 11) is 0. The predicted molar refractivity (Wildman–Crippen MR) is 72.5 cm³/mol. The van der Waals surface area contributed by atoms with E-state index in [1.54, 1.807) is 6.33 Å². The molecule has 4 heteroatoms. The summed E-state index contributed by atoms with van der Waals surface area (Å²) in [6, 6.07) is 6.68. The molecule has 1 unspecified atom stereocenters. The van der Waals surface area contributed by atoms with Crippen LogP contribution in [0.4, 0.5) is 0 Å². The molecule has 2 aromatic rings. The van der Waals surface area contributed by atoms with Crippen molar-refractivity contribution in [2.75, 3.05) is 6.54 Å². The van der Waals surface area contributed by atoms with E-state index in [0.29, 0.717) is 6.61 Å². The monoisotopic (exact) mass is 255 g/mol. The van der Waals surface area contributed by atoms with Gasteiger partial charge in [0.15, 0.2) is 0 Å². The van der Waals surface area contributed by atoms with E-state index in [9.17, 15) is 0 Å². The molecular formula is C15H17N3O. The van der Waals surface area contributed by atoms with E-state index in [-0.39, 0.29) is 6.04 Å². The Labute approximate surface area is 112 Å². The van der Waals surface area contributed by atoms with Crippen molar-refractivity contribution >= 4 is 0 Å². The van der Waals surface area contributed by atoms with Gasteiger partial charge in [-0.3, -0.25) is 0 Å². The van der Waals surface area contributed by atoms with Gasteiger partial charge in [0.25, 0.3) is 0 Å². The molecule has 3 rings (SSSR count). The largest absolute Gasteiger partial charge is 0.372 e. The highest BCUT2D eigenvalue weighted by molar-refractivity contribution is 5.37. The molecule has 1 aliphatic heterocycles. The SMILES string of the molecule is CCNC(c1cncnc1)c1ccc2c(c1)COC2. The first kappa shape index (κ1) is 12.3. The lowest BCUT2D eigenvalue weighted by Crippen LogP contribution is -2.22. The molecule has 0 saturated heterocycles. The van der Waals surface area contributed by atoms with Crippen molar-refractivity contribution in [1.82, 2.24) is 15.3 Å². The lowest BCUT2D eigenvalue weighted by atomic mass is 9.97. The highest BCUT2D eigenvalue weighted by Crippen LogP contribution is 2.26. The van der Waals surface area contributed by atoms with Gasteiger partial charge in [-0.25, -0.2) is 9.97 Å². The molecule has 1 atom stereocenters. The average Bonchev–Trinajstić information content (AvgIpc) is 2.93. The first-order valence-corrected chi connectivity index (χ1v) is 6.56. The molecule has 2 heterocycles. The van der Waals surface area contributed by atoms with Gasteiger partial charge in [0.05, 0.1) is 19.3 Å². The smallest absolute Gasteiger partial charge is 0.115 e. The summed E-state index contributed by atoms with van der Waals surface area (Å²) in [6.45, 7) is 4.45. The van der Waals surface area contributed by atoms with Crippen LogP contribution >= 0.6 is 0 Å². The third-order valence-corrected chi connectivity index (χ3v) is 3.40. The van der Waals surface area contributed by atoms with Gasteiger partial charge >= 0.3 is 0 Å². The minimum atomic E-state index is 0.136. The van der Waals surface area contributed by atoms with Crippen LogP contribution in [-0.2, 0) is 18.0 Å². The van der Waals surface area contributed by atoms with Crippen molar-refractivity contribution < 1.29 is 4.74 Å². The molecule has 0 bridgehead atoms. The number of hydrogen-bond acceptors (Lipinski definition) is 4. The van der Waals surface area contributed by atoms with E-state index in [1.807, 2.05) is 12.4 Å². The summed E-state index contributed by atoms with van der Waals surface area (Å²) in [5, 5.41) is 3.49. The quantitative estimate of drug-likeness (QED) is 0.910. The molecule has 1 N–H and O–H groups in total. The molecule has 0 aliphatic carbocycles. The van der Waals surface area contributed by atoms with E-state index >= 15 is 0 Å². The van der Waals surface area contributed by atoms with Gasteiger partial charge in [-0.2, -0.15) is 0 Å². The molecule has 1 aromatic heterocycles. The Morgan fingerprint density at radius 1 is 1.16 bits per heavy atom. The summed E-state index contributed by atoms with van der Waals surface area (Å²) in [4.78, 5) is 8.22. The molecule has 4 nitrogen and oxygen atoms in total. The average molecular weight is 255 g/mol. The maximum Gasteiger partial charge on any atom is 0.115 e. The minimum Gasteiger partial charge on any atom is -0.372 e. The van der Waals surface area contributed by atoms with Gasteiger partial charge < -0.3 is 10.1 Å². The molecule has 1 aromatic carbocycles. The third-order valence-electron chi connectivity index (χ3n) is 3.40. The number of hydrogen-bond donors (Lipinski definition) is 1. The van der Waals surface area contributed by atoms with E-state index in [0.717, 1.165) is 18.7 Å². The standard InChI is InChI=1S/C15H17N3O/c1-2-18-15(14-6-16-10-17-7-14)11-3-4-12-8-19-9-13(12)5-11/h3-7,10,15,18H,2,8-9H2,1H3. The van der Waals surface area contributed by atoms with Crippen molar-refractivity contribution in [3.8, 4) is 0 Å². The summed E-state index contributed by atoms with van der Waals surface area (Å²) in [6.07, 6.45) is 5.29. The third kappa shape index (κ3) is 2.50. The summed E-state index contributed by atoms with van der Waals surface area (Å²) >= 11 is 0. The Balaban J connectivity index is 1.96. The van der Waals surface area contributed by atoms with Crippen LogP contribution in [0.1, 0.15) is 35.2 Å². The Morgan fingerprint density at radius 3 is 2.74 bits per heavy atom. The van der Waals surface area contributed by atoms with Crippen LogP contribution in [0.25, 0.3) is 0 Å². The van der Waals surface area contributed by atoms with Gasteiger partial charge in [0.1, 0.15) is 6.33 Å². The van der Waals surface area contributed by atoms with Crippen molar-refractivity contribution in [2.45, 2.75) is 26.2 Å². The van der Waals surface area contributed by atoms with Crippen LogP contribution < -0.4 is 5.32 Å². The van der Waals surface area contributed by atoms with E-state index < -0.39 is 0 Å². The second kappa shape index (κ2) is 5.47. The summed E-state index contributed by atoms with van der Waals surface area (Å²) in [5.74, 6) is 0. The highest BCUT2D eigenvalue weighted by atomic mass is 16.5. The topological polar surface area (TPSA) is 47.0 Å². The lowest BCUT2D eigenvalue weighted by Gasteiger charge is -2.18. The molecule has 0 saturated carbocycles. The predicted octanol–water partition coefficient (Wildman–Crippen LogP) is 2.21. The number of nitrogens with zero attached hydrogens (tertiary/aromatic N) is 2. The highest BCUT2D eigenvalue weighted by Gasteiger charge is 2.17. The fraction of sp³-hybridized carbons (Fsp3) is 0.333. The fourth-order valence-corrected chi connectivity index (χ4v) is 2.46. The molecular weight excluding hydrogens is 238 g/mol. The summed E-state index contributed by atoms with van der Waals surface area (Å²) < 4.78 is 5.47. The van der Waals surface area contributed by atoms with Crippen LogP contribution in [0.2, 0.25) is 0 Å². The lowest BCUT2D eigenvalue weighted by molar-refractivity contribution is 0.134. The Morgan fingerprint density at radius 2 is 1.95 bits per heavy atom. The van der Waals surface area contributed by atoms with Gasteiger partial charge in [-0.15, -0.1) is 0 Å². The van der Waals surface area contributed by atoms with Crippen LogP contribution in [0.15, 0.2) is 36.9 Å². The van der Waals surface area contributed by atoms with Crippen LogP contribution in [0.3, 0.4) is 0 Å². The number of fused-ring (bicyclic) bond motifs is 1. The van der Waals surface area contributed by atoms with E-state index in [1.165, 1.54) is 16.7 Å². The van der Waals surface area contributed by atoms with Gasteiger partial charge in [-0.05, 0) is 23.2 Å². The Bertz CT molecular complexity index is 557. The normalized spacial score (nSPS) is 15.2. The summed E-state index contributed by atoms with van der Waals surface area (Å²) in [5.41, 5.74) is 4.91. The number of benzene rings is 1. The molecule has 19 heavy (non-hydrogen) atoms. The fourth-order valence-electron chi connectivity index (χ4n) is 2.46. The number of aromatic nitrogens is 2. The number of nitrogens with one attached hydrogen (secondary N) is 1. The maximum absolute atomic E-state index is 5.47. The first-order valence-electron chi connectivity index (χ1n) is 6.56. The Kier molecular flexibility index (Phi) is 3.53. The molecule has 0 amide bonds. The van der Waals surface area contributed by atoms with E-state index in [4.69, 9.17) is 4.74 Å². The minimum absolute atomic E-state index is 0.136. The molecule has 0 spiro atoms. The van der Waals surface area contributed by atoms with Crippen molar-refractivity contribution in [2.24, 2.45) is 0 Å². The van der Waals surface area contributed by atoms with Crippen LogP contribution in [0.5, 0.6) is 0 Å². The van der Waals surface area contributed by atoms with E-state index in [2.05, 4.69) is 40.4 Å². The molecule has 98 valence electrons. The van der Waals surface area contributed by atoms with Gasteiger partial charge in [-0.1, -0.05) is 25.1 Å². The van der Waals surface area contributed by atoms with Crippen LogP contribution in [0, 0.1) is 0 Å². The van der Waals surface area contributed by atoms with Gasteiger partial charge in [0, 0.05) is 18.0 Å². The maximum atomic E-state index is 5.47. The van der Waals surface area contributed by atoms with Gasteiger partial charge in [0.2, 0.25) is 0 Å². The first-order chi connectivity index (χ1) is 9.38. The van der Waals surface area contributed by atoms with Crippen molar-refractivity contribution in [1.29, 1.82) is 0 Å².